The molecule has 1 saturated heterocycles. The summed E-state index contributed by atoms with van der Waals surface area (Å²) in [4.78, 5) is 22.3. The monoisotopic (exact) mass is 266 g/mol. The number of carboxylic acids is 1. The highest BCUT2D eigenvalue weighted by molar-refractivity contribution is 5.76. The quantitative estimate of drug-likeness (QED) is 0.448. The predicted molar refractivity (Wildman–Crippen MR) is 65.4 cm³/mol. The lowest BCUT2D eigenvalue weighted by atomic mass is 9.81. The Bertz CT molecular complexity index is 432. The number of epoxide rings is 1. The van der Waals surface area contributed by atoms with E-state index in [1.807, 2.05) is 0 Å². The summed E-state index contributed by atoms with van der Waals surface area (Å²) in [5, 5.41) is 8.60. The number of fused-ring (bicyclic) bond motifs is 5. The van der Waals surface area contributed by atoms with Crippen LogP contribution in [0.2, 0.25) is 0 Å². The normalized spacial score (nSPS) is 41.7. The summed E-state index contributed by atoms with van der Waals surface area (Å²) in [5.41, 5.74) is -0.500. The number of aliphatic carboxylic acids is 1. The van der Waals surface area contributed by atoms with Crippen molar-refractivity contribution in [2.24, 2.45) is 11.8 Å². The van der Waals surface area contributed by atoms with Crippen LogP contribution in [0.5, 0.6) is 0 Å². The molecule has 0 amide bonds. The first kappa shape index (κ1) is 12.7. The largest absolute Gasteiger partial charge is 0.481 e. The van der Waals surface area contributed by atoms with Crippen molar-refractivity contribution in [2.75, 3.05) is 0 Å². The highest BCUT2D eigenvalue weighted by Crippen LogP contribution is 2.62. The first-order valence-electron chi connectivity index (χ1n) is 6.76. The van der Waals surface area contributed by atoms with Crippen LogP contribution in [0.1, 0.15) is 32.1 Å². The smallest absolute Gasteiger partial charge is 0.306 e. The van der Waals surface area contributed by atoms with Crippen LogP contribution in [0, 0.1) is 11.8 Å². The molecule has 1 aliphatic heterocycles. The van der Waals surface area contributed by atoms with Gasteiger partial charge in [0.05, 0.1) is 25.0 Å². The fourth-order valence-electron chi connectivity index (χ4n) is 3.87. The van der Waals surface area contributed by atoms with Gasteiger partial charge in [-0.3, -0.25) is 9.59 Å². The van der Waals surface area contributed by atoms with Gasteiger partial charge >= 0.3 is 11.9 Å². The lowest BCUT2D eigenvalue weighted by Crippen LogP contribution is -2.43. The molecule has 3 fully saturated rings. The second-order valence-electron chi connectivity index (χ2n) is 5.80. The Morgan fingerprint density at radius 3 is 2.79 bits per heavy atom. The molecule has 2 bridgehead atoms. The van der Waals surface area contributed by atoms with Crippen LogP contribution < -0.4 is 0 Å². The van der Waals surface area contributed by atoms with Crippen LogP contribution in [0.15, 0.2) is 12.7 Å². The summed E-state index contributed by atoms with van der Waals surface area (Å²) in [6.07, 6.45) is 4.65. The van der Waals surface area contributed by atoms with E-state index in [4.69, 9.17) is 14.6 Å². The standard InChI is InChI=1S/C14H18O5/c1-2-5-14(19-11(17)4-3-10(15)16)7-8-6-9(14)13-12(8)18-13/h2,8-9,12-13H,1,3-7H2,(H,15,16). The van der Waals surface area contributed by atoms with Crippen LogP contribution >= 0.6 is 0 Å². The van der Waals surface area contributed by atoms with Crippen molar-refractivity contribution in [3.63, 3.8) is 0 Å². The van der Waals surface area contributed by atoms with E-state index in [1.165, 1.54) is 0 Å². The van der Waals surface area contributed by atoms with Gasteiger partial charge in [0.2, 0.25) is 0 Å². The number of carboxylic acid groups (broad SMARTS) is 1. The van der Waals surface area contributed by atoms with E-state index in [-0.39, 0.29) is 24.9 Å². The zero-order valence-corrected chi connectivity index (χ0v) is 10.7. The first-order chi connectivity index (χ1) is 9.05. The topological polar surface area (TPSA) is 76.1 Å². The molecule has 0 aromatic carbocycles. The van der Waals surface area contributed by atoms with Gasteiger partial charge in [0.25, 0.3) is 0 Å². The number of hydrogen-bond donors (Lipinski definition) is 1. The molecular formula is C14H18O5. The minimum Gasteiger partial charge on any atom is -0.481 e. The minimum absolute atomic E-state index is 0.0689. The molecule has 1 N–H and O–H groups in total. The SMILES string of the molecule is C=CCC1(OC(=O)CCC(=O)O)CC2CC1C1OC21. The van der Waals surface area contributed by atoms with Gasteiger partial charge in [-0.2, -0.15) is 0 Å². The highest BCUT2D eigenvalue weighted by Gasteiger charge is 2.69. The van der Waals surface area contributed by atoms with E-state index in [1.54, 1.807) is 6.08 Å². The van der Waals surface area contributed by atoms with Gasteiger partial charge in [0.1, 0.15) is 5.60 Å². The van der Waals surface area contributed by atoms with E-state index < -0.39 is 17.5 Å². The molecule has 5 heteroatoms. The van der Waals surface area contributed by atoms with Gasteiger partial charge in [-0.05, 0) is 18.8 Å². The van der Waals surface area contributed by atoms with E-state index in [2.05, 4.69) is 6.58 Å². The number of esters is 1. The zero-order chi connectivity index (χ0) is 13.6. The molecule has 3 aliphatic rings. The lowest BCUT2D eigenvalue weighted by Gasteiger charge is -2.35. The molecule has 0 radical (unpaired) electrons. The average Bonchev–Trinajstić information content (AvgIpc) is 2.98. The molecule has 3 rings (SSSR count). The molecule has 5 atom stereocenters. The van der Waals surface area contributed by atoms with Crippen LogP contribution in [0.25, 0.3) is 0 Å². The maximum absolute atomic E-state index is 11.8. The molecule has 0 aromatic rings. The molecule has 2 saturated carbocycles. The summed E-state index contributed by atoms with van der Waals surface area (Å²) in [6, 6.07) is 0. The molecular weight excluding hydrogens is 248 g/mol. The van der Waals surface area contributed by atoms with Crippen molar-refractivity contribution in [3.05, 3.63) is 12.7 Å². The highest BCUT2D eigenvalue weighted by atomic mass is 16.6. The third-order valence-corrected chi connectivity index (χ3v) is 4.61. The van der Waals surface area contributed by atoms with Gasteiger partial charge < -0.3 is 14.6 Å². The first-order valence-corrected chi connectivity index (χ1v) is 6.76. The van der Waals surface area contributed by atoms with Crippen molar-refractivity contribution in [1.82, 2.24) is 0 Å². The van der Waals surface area contributed by atoms with Crippen molar-refractivity contribution >= 4 is 11.9 Å². The van der Waals surface area contributed by atoms with Crippen molar-refractivity contribution in [1.29, 1.82) is 0 Å². The molecule has 0 spiro atoms. The zero-order valence-electron chi connectivity index (χ0n) is 10.7. The Morgan fingerprint density at radius 2 is 2.21 bits per heavy atom. The van der Waals surface area contributed by atoms with Crippen molar-refractivity contribution in [3.8, 4) is 0 Å². The van der Waals surface area contributed by atoms with E-state index in [9.17, 15) is 9.59 Å². The van der Waals surface area contributed by atoms with Crippen LogP contribution in [-0.2, 0) is 19.1 Å². The summed E-state index contributed by atoms with van der Waals surface area (Å²) < 4.78 is 11.3. The van der Waals surface area contributed by atoms with Gasteiger partial charge in [-0.1, -0.05) is 6.08 Å². The van der Waals surface area contributed by atoms with Crippen LogP contribution in [0.3, 0.4) is 0 Å². The predicted octanol–water partition coefficient (Wildman–Crippen LogP) is 1.52. The molecule has 19 heavy (non-hydrogen) atoms. The Balaban J connectivity index is 1.66. The molecule has 104 valence electrons. The third-order valence-electron chi connectivity index (χ3n) is 4.61. The van der Waals surface area contributed by atoms with Gasteiger partial charge in [-0.15, -0.1) is 6.58 Å². The summed E-state index contributed by atoms with van der Waals surface area (Å²) in [7, 11) is 0. The maximum atomic E-state index is 11.8. The second-order valence-corrected chi connectivity index (χ2v) is 5.80. The fraction of sp³-hybridized carbons (Fsp3) is 0.714. The van der Waals surface area contributed by atoms with Crippen molar-refractivity contribution < 1.29 is 24.2 Å². The molecule has 1 heterocycles. The van der Waals surface area contributed by atoms with Crippen LogP contribution in [-0.4, -0.2) is 34.9 Å². The number of rotatable bonds is 6. The van der Waals surface area contributed by atoms with Gasteiger partial charge in [-0.25, -0.2) is 0 Å². The summed E-state index contributed by atoms with van der Waals surface area (Å²) in [6.45, 7) is 3.75. The van der Waals surface area contributed by atoms with Gasteiger partial charge in [0, 0.05) is 12.3 Å². The Hall–Kier alpha value is -1.36. The Morgan fingerprint density at radius 1 is 1.42 bits per heavy atom. The number of ether oxygens (including phenoxy) is 2. The number of carbonyl (C=O) groups is 2. The summed E-state index contributed by atoms with van der Waals surface area (Å²) >= 11 is 0. The Labute approximate surface area is 111 Å². The average molecular weight is 266 g/mol. The molecule has 0 aromatic heterocycles. The van der Waals surface area contributed by atoms with Crippen molar-refractivity contribution in [2.45, 2.75) is 49.9 Å². The van der Waals surface area contributed by atoms with Crippen LogP contribution in [0.4, 0.5) is 0 Å². The maximum Gasteiger partial charge on any atom is 0.306 e. The van der Waals surface area contributed by atoms with E-state index in [0.717, 1.165) is 12.8 Å². The molecule has 2 aliphatic carbocycles. The molecule has 5 nitrogen and oxygen atoms in total. The minimum atomic E-state index is -0.978. The van der Waals surface area contributed by atoms with Gasteiger partial charge in [0.15, 0.2) is 0 Å². The third kappa shape index (κ3) is 2.06. The number of hydrogen-bond acceptors (Lipinski definition) is 4. The van der Waals surface area contributed by atoms with E-state index >= 15 is 0 Å². The lowest BCUT2D eigenvalue weighted by molar-refractivity contribution is -0.166. The number of carbonyl (C=O) groups excluding carboxylic acids is 1. The fourth-order valence-corrected chi connectivity index (χ4v) is 3.87. The molecule has 5 unspecified atom stereocenters. The van der Waals surface area contributed by atoms with E-state index in [0.29, 0.717) is 18.4 Å². The second kappa shape index (κ2) is 4.34. The Kier molecular flexibility index (Phi) is 2.89. The summed E-state index contributed by atoms with van der Waals surface area (Å²) in [5.74, 6) is -0.654.